The Balaban J connectivity index is 1.48. The van der Waals surface area contributed by atoms with Gasteiger partial charge in [0, 0.05) is 37.3 Å². The van der Waals surface area contributed by atoms with E-state index in [2.05, 4.69) is 19.7 Å². The Morgan fingerprint density at radius 3 is 2.96 bits per heavy atom. The summed E-state index contributed by atoms with van der Waals surface area (Å²) in [4.78, 5) is 7.92. The molecule has 1 atom stereocenters. The third-order valence-electron chi connectivity index (χ3n) is 4.65. The largest absolute Gasteiger partial charge is 0.290 e. The summed E-state index contributed by atoms with van der Waals surface area (Å²) in [5, 5.41) is 4.21. The van der Waals surface area contributed by atoms with E-state index in [1.54, 1.807) is 17.5 Å². The molecule has 0 spiro atoms. The fourth-order valence-electron chi connectivity index (χ4n) is 3.13. The second kappa shape index (κ2) is 6.21. The van der Waals surface area contributed by atoms with Crippen LogP contribution < -0.4 is 4.72 Å². The minimum Gasteiger partial charge on any atom is -0.290 e. The van der Waals surface area contributed by atoms with Crippen molar-refractivity contribution in [1.29, 1.82) is 0 Å². The fraction of sp³-hybridized carbons (Fsp3) is 0.600. The Morgan fingerprint density at radius 1 is 1.42 bits per heavy atom. The Bertz CT molecular complexity index is 825. The Labute approximate surface area is 145 Å². The molecule has 2 aromatic heterocycles. The zero-order valence-electron chi connectivity index (χ0n) is 13.6. The molecule has 1 saturated carbocycles. The molecule has 0 saturated heterocycles. The van der Waals surface area contributed by atoms with Crippen LogP contribution in [0.3, 0.4) is 0 Å². The summed E-state index contributed by atoms with van der Waals surface area (Å²) in [6.45, 7) is 4.86. The summed E-state index contributed by atoms with van der Waals surface area (Å²) in [5.74, 6) is 0. The monoisotopic (exact) mass is 367 g/mol. The quantitative estimate of drug-likeness (QED) is 0.832. The molecule has 0 radical (unpaired) electrons. The molecule has 1 aliphatic heterocycles. The van der Waals surface area contributed by atoms with Crippen LogP contribution in [0.1, 0.15) is 35.1 Å². The van der Waals surface area contributed by atoms with Crippen molar-refractivity contribution in [1.82, 2.24) is 24.4 Å². The molecule has 3 heterocycles. The van der Waals surface area contributed by atoms with Crippen LogP contribution in [0.25, 0.3) is 0 Å². The lowest BCUT2D eigenvalue weighted by Gasteiger charge is -2.33. The molecule has 0 aromatic carbocycles. The molecule has 1 N–H and O–H groups in total. The first-order valence-electron chi connectivity index (χ1n) is 8.15. The highest BCUT2D eigenvalue weighted by atomic mass is 32.2. The number of hydrogen-bond donors (Lipinski definition) is 1. The molecule has 130 valence electrons. The molecule has 4 rings (SSSR count). The molecule has 7 nitrogen and oxygen atoms in total. The summed E-state index contributed by atoms with van der Waals surface area (Å²) in [5.41, 5.74) is 4.07. The molecule has 2 aromatic rings. The second-order valence-electron chi connectivity index (χ2n) is 6.54. The number of aryl methyl sites for hydroxylation is 1. The maximum absolute atomic E-state index is 12.1. The van der Waals surface area contributed by atoms with Crippen LogP contribution in [-0.4, -0.2) is 46.4 Å². The zero-order chi connectivity index (χ0) is 16.7. The van der Waals surface area contributed by atoms with Gasteiger partial charge in [0.25, 0.3) is 0 Å². The Hall–Kier alpha value is -1.29. The van der Waals surface area contributed by atoms with Crippen molar-refractivity contribution in [2.45, 2.75) is 44.1 Å². The van der Waals surface area contributed by atoms with Gasteiger partial charge in [-0.2, -0.15) is 5.10 Å². The average molecular weight is 368 g/mol. The van der Waals surface area contributed by atoms with Gasteiger partial charge in [0.2, 0.25) is 10.0 Å². The highest BCUT2D eigenvalue weighted by Crippen LogP contribution is 2.28. The number of hydrogen-bond acceptors (Lipinski definition) is 6. The molecule has 0 amide bonds. The van der Waals surface area contributed by atoms with E-state index < -0.39 is 10.0 Å². The second-order valence-corrected chi connectivity index (χ2v) is 9.53. The molecule has 2 aliphatic rings. The predicted octanol–water partition coefficient (Wildman–Crippen LogP) is 1.29. The molecular formula is C15H21N5O2S2. The molecule has 24 heavy (non-hydrogen) atoms. The van der Waals surface area contributed by atoms with Crippen LogP contribution in [0.2, 0.25) is 0 Å². The average Bonchev–Trinajstić information content (AvgIpc) is 3.20. The van der Waals surface area contributed by atoms with Crippen molar-refractivity contribution in [2.75, 3.05) is 13.1 Å². The minimum absolute atomic E-state index is 0.0190. The maximum Gasteiger partial charge on any atom is 0.214 e. The summed E-state index contributed by atoms with van der Waals surface area (Å²) in [7, 11) is -3.16. The Kier molecular flexibility index (Phi) is 4.19. The van der Waals surface area contributed by atoms with Crippen molar-refractivity contribution in [3.63, 3.8) is 0 Å². The molecule has 1 fully saturated rings. The number of rotatable bonds is 6. The van der Waals surface area contributed by atoms with Crippen LogP contribution in [0.15, 0.2) is 17.8 Å². The highest BCUT2D eigenvalue weighted by Gasteiger charge is 2.36. The van der Waals surface area contributed by atoms with Gasteiger partial charge >= 0.3 is 0 Å². The number of nitrogens with zero attached hydrogens (tertiary/aromatic N) is 4. The van der Waals surface area contributed by atoms with Crippen molar-refractivity contribution in [3.8, 4) is 0 Å². The summed E-state index contributed by atoms with van der Waals surface area (Å²) in [6, 6.07) is 2.03. The molecule has 0 bridgehead atoms. The van der Waals surface area contributed by atoms with Gasteiger partial charge in [-0.1, -0.05) is 0 Å². The van der Waals surface area contributed by atoms with Gasteiger partial charge in [-0.3, -0.25) is 9.58 Å². The van der Waals surface area contributed by atoms with Gasteiger partial charge in [-0.05, 0) is 25.8 Å². The van der Waals surface area contributed by atoms with Gasteiger partial charge in [0.05, 0.1) is 28.2 Å². The van der Waals surface area contributed by atoms with E-state index >= 15 is 0 Å². The predicted molar refractivity (Wildman–Crippen MR) is 92.2 cm³/mol. The topological polar surface area (TPSA) is 80.1 Å². The van der Waals surface area contributed by atoms with Gasteiger partial charge in [0.15, 0.2) is 0 Å². The smallest absolute Gasteiger partial charge is 0.214 e. The van der Waals surface area contributed by atoms with E-state index in [0.717, 1.165) is 43.9 Å². The van der Waals surface area contributed by atoms with Crippen LogP contribution in [0.4, 0.5) is 0 Å². The van der Waals surface area contributed by atoms with Gasteiger partial charge in [-0.15, -0.1) is 11.3 Å². The van der Waals surface area contributed by atoms with Gasteiger partial charge in [-0.25, -0.2) is 18.1 Å². The summed E-state index contributed by atoms with van der Waals surface area (Å²) >= 11 is 1.67. The van der Waals surface area contributed by atoms with Crippen molar-refractivity contribution in [3.05, 3.63) is 34.0 Å². The third kappa shape index (κ3) is 3.26. The minimum atomic E-state index is -3.16. The van der Waals surface area contributed by atoms with E-state index in [9.17, 15) is 8.42 Å². The molecule has 1 unspecified atom stereocenters. The first kappa shape index (κ1) is 16.2. The first-order chi connectivity index (χ1) is 11.5. The summed E-state index contributed by atoms with van der Waals surface area (Å²) < 4.78 is 29.0. The van der Waals surface area contributed by atoms with Crippen LogP contribution in [0, 0.1) is 6.92 Å². The van der Waals surface area contributed by atoms with E-state index in [1.165, 1.54) is 4.88 Å². The lowest BCUT2D eigenvalue weighted by molar-refractivity contribution is 0.169. The standard InChI is InChI=1S/C15H21N5O2S2/c1-11-15(23-10-16-11)9-19-7-12-4-5-17-20(12)13(8-19)6-18-24(21,22)14-2-3-14/h4-5,10,13-14,18H,2-3,6-9H2,1H3. The Morgan fingerprint density at radius 2 is 2.25 bits per heavy atom. The lowest BCUT2D eigenvalue weighted by Crippen LogP contribution is -2.43. The normalized spacial score (nSPS) is 21.8. The number of nitrogens with one attached hydrogen (secondary N) is 1. The van der Waals surface area contributed by atoms with Gasteiger partial charge in [0.1, 0.15) is 0 Å². The van der Waals surface area contributed by atoms with Gasteiger partial charge < -0.3 is 0 Å². The van der Waals surface area contributed by atoms with Crippen molar-refractivity contribution < 1.29 is 8.42 Å². The molecule has 1 aliphatic carbocycles. The van der Waals surface area contributed by atoms with E-state index in [1.807, 2.05) is 23.2 Å². The molecule has 9 heteroatoms. The van der Waals surface area contributed by atoms with Crippen molar-refractivity contribution in [2.24, 2.45) is 0 Å². The number of thiazole rings is 1. The van der Waals surface area contributed by atoms with E-state index in [4.69, 9.17) is 0 Å². The van der Waals surface area contributed by atoms with Crippen LogP contribution in [0.5, 0.6) is 0 Å². The maximum atomic E-state index is 12.1. The number of aromatic nitrogens is 3. The molecular weight excluding hydrogens is 346 g/mol. The van der Waals surface area contributed by atoms with Crippen LogP contribution in [-0.2, 0) is 23.1 Å². The number of fused-ring (bicyclic) bond motifs is 1. The zero-order valence-corrected chi connectivity index (χ0v) is 15.2. The third-order valence-corrected chi connectivity index (χ3v) is 7.49. The van der Waals surface area contributed by atoms with E-state index in [0.29, 0.717) is 6.54 Å². The van der Waals surface area contributed by atoms with E-state index in [-0.39, 0.29) is 11.3 Å². The van der Waals surface area contributed by atoms with Crippen molar-refractivity contribution >= 4 is 21.4 Å². The van der Waals surface area contributed by atoms with Crippen LogP contribution >= 0.6 is 11.3 Å². The SMILES string of the molecule is Cc1ncsc1CN1Cc2ccnn2C(CNS(=O)(=O)C2CC2)C1. The fourth-order valence-corrected chi connectivity index (χ4v) is 5.36. The first-order valence-corrected chi connectivity index (χ1v) is 10.6. The highest BCUT2D eigenvalue weighted by molar-refractivity contribution is 7.90. The summed E-state index contributed by atoms with van der Waals surface area (Å²) in [6.07, 6.45) is 3.35. The lowest BCUT2D eigenvalue weighted by atomic mass is 10.2. The number of sulfonamides is 1.